The molecule has 4 nitrogen and oxygen atoms in total. The lowest BCUT2D eigenvalue weighted by atomic mass is 9.90. The van der Waals surface area contributed by atoms with Crippen LogP contribution in [0.4, 0.5) is 5.69 Å². The van der Waals surface area contributed by atoms with E-state index in [1.165, 1.54) is 34.4 Å². The quantitative estimate of drug-likeness (QED) is 0.874. The number of benzene rings is 2. The van der Waals surface area contributed by atoms with Crippen LogP contribution < -0.4 is 15.5 Å². The molecule has 2 heterocycles. The van der Waals surface area contributed by atoms with Crippen molar-refractivity contribution in [3.05, 3.63) is 65.2 Å². The van der Waals surface area contributed by atoms with Crippen molar-refractivity contribution in [2.75, 3.05) is 25.0 Å². The molecule has 2 aliphatic heterocycles. The van der Waals surface area contributed by atoms with E-state index in [0.717, 1.165) is 25.1 Å². The van der Waals surface area contributed by atoms with Crippen LogP contribution in [0.1, 0.15) is 42.4 Å². The molecule has 0 aromatic heterocycles. The zero-order chi connectivity index (χ0) is 18.6. The van der Waals surface area contributed by atoms with Gasteiger partial charge in [-0.2, -0.15) is 0 Å². The van der Waals surface area contributed by atoms with Crippen molar-refractivity contribution in [3.8, 4) is 0 Å². The molecule has 1 amide bonds. The molecule has 0 spiro atoms. The topological polar surface area (TPSA) is 44.4 Å². The monoisotopic (exact) mass is 361 g/mol. The van der Waals surface area contributed by atoms with E-state index < -0.39 is 0 Å². The van der Waals surface area contributed by atoms with Crippen LogP contribution in [0.5, 0.6) is 0 Å². The minimum Gasteiger partial charge on any atom is -0.384 e. The Hall–Kier alpha value is -2.59. The number of para-hydroxylation sites is 1. The molecule has 2 N–H and O–H groups in total. The van der Waals surface area contributed by atoms with Crippen molar-refractivity contribution >= 4 is 22.9 Å². The van der Waals surface area contributed by atoms with Crippen molar-refractivity contribution < 1.29 is 4.79 Å². The van der Waals surface area contributed by atoms with Gasteiger partial charge >= 0.3 is 0 Å². The van der Waals surface area contributed by atoms with E-state index in [4.69, 9.17) is 0 Å². The van der Waals surface area contributed by atoms with E-state index >= 15 is 0 Å². The maximum atomic E-state index is 13.1. The van der Waals surface area contributed by atoms with Crippen LogP contribution in [-0.4, -0.2) is 26.0 Å². The first-order valence-corrected chi connectivity index (χ1v) is 9.89. The number of hydrogen-bond donors (Lipinski definition) is 2. The van der Waals surface area contributed by atoms with E-state index in [1.54, 1.807) is 0 Å². The molecule has 0 atom stereocenters. The second kappa shape index (κ2) is 7.97. The number of rotatable bonds is 3. The minimum absolute atomic E-state index is 0.164. The lowest BCUT2D eigenvalue weighted by Crippen LogP contribution is -2.34. The summed E-state index contributed by atoms with van der Waals surface area (Å²) in [5.41, 5.74) is 7.24. The summed E-state index contributed by atoms with van der Waals surface area (Å²) in [6.45, 7) is 2.29. The number of hydrogen-bond acceptors (Lipinski definition) is 3. The summed E-state index contributed by atoms with van der Waals surface area (Å²) < 4.78 is 0. The highest BCUT2D eigenvalue weighted by atomic mass is 16.2. The fraction of sp³-hybridized carbons (Fsp3) is 0.348. The largest absolute Gasteiger partial charge is 0.384 e. The first kappa shape index (κ1) is 17.8. The van der Waals surface area contributed by atoms with E-state index in [0.29, 0.717) is 19.5 Å². The number of carbonyl (C=O) groups excluding carboxylic acids is 1. The van der Waals surface area contributed by atoms with E-state index in [1.807, 2.05) is 18.0 Å². The summed E-state index contributed by atoms with van der Waals surface area (Å²) in [5.74, 6) is 0.164. The SMILES string of the molecule is CNCCC(=O)N1Cc2ccccc2C2=C(CCCCN2)c2ccccc21. The Morgan fingerprint density at radius 1 is 1.07 bits per heavy atom. The molecule has 0 saturated carbocycles. The van der Waals surface area contributed by atoms with Gasteiger partial charge in [0.2, 0.25) is 5.91 Å². The Morgan fingerprint density at radius 2 is 1.85 bits per heavy atom. The first-order valence-electron chi connectivity index (χ1n) is 9.89. The van der Waals surface area contributed by atoms with E-state index in [2.05, 4.69) is 53.1 Å². The number of anilines is 1. The minimum atomic E-state index is 0.164. The standard InChI is InChI=1S/C23H27N3O/c1-24-15-13-22(27)26-16-17-8-2-3-9-18(17)23-20(11-6-7-14-25-23)19-10-4-5-12-21(19)26/h2-5,8-10,12,24-25H,6-7,11,13-16H2,1H3. The zero-order valence-corrected chi connectivity index (χ0v) is 15.9. The molecule has 0 bridgehead atoms. The third kappa shape index (κ3) is 3.50. The molecule has 2 aliphatic rings. The number of carbonyl (C=O) groups is 1. The molecule has 140 valence electrons. The number of allylic oxidation sites excluding steroid dienone is 1. The fourth-order valence-electron chi connectivity index (χ4n) is 4.11. The molecule has 4 heteroatoms. The predicted octanol–water partition coefficient (Wildman–Crippen LogP) is 3.78. The number of amides is 1. The fourth-order valence-corrected chi connectivity index (χ4v) is 4.11. The van der Waals surface area contributed by atoms with Crippen molar-refractivity contribution in [2.45, 2.75) is 32.2 Å². The van der Waals surface area contributed by atoms with Gasteiger partial charge < -0.3 is 15.5 Å². The van der Waals surface area contributed by atoms with E-state index in [-0.39, 0.29) is 5.91 Å². The molecule has 0 radical (unpaired) electrons. The van der Waals surface area contributed by atoms with Gasteiger partial charge in [-0.15, -0.1) is 0 Å². The van der Waals surface area contributed by atoms with Crippen molar-refractivity contribution in [1.82, 2.24) is 10.6 Å². The van der Waals surface area contributed by atoms with E-state index in [9.17, 15) is 4.79 Å². The van der Waals surface area contributed by atoms with Gasteiger partial charge in [0, 0.05) is 36.3 Å². The molecule has 0 saturated heterocycles. The highest BCUT2D eigenvalue weighted by Gasteiger charge is 2.27. The average molecular weight is 361 g/mol. The van der Waals surface area contributed by atoms with Gasteiger partial charge in [0.25, 0.3) is 0 Å². The molecule has 0 fully saturated rings. The van der Waals surface area contributed by atoms with Gasteiger partial charge in [-0.25, -0.2) is 0 Å². The Labute approximate surface area is 161 Å². The van der Waals surface area contributed by atoms with Gasteiger partial charge in [0.1, 0.15) is 0 Å². The van der Waals surface area contributed by atoms with Gasteiger partial charge in [0.15, 0.2) is 0 Å². The van der Waals surface area contributed by atoms with Crippen LogP contribution in [0.3, 0.4) is 0 Å². The Kier molecular flexibility index (Phi) is 5.26. The van der Waals surface area contributed by atoms with Crippen molar-refractivity contribution in [2.24, 2.45) is 0 Å². The Bertz CT molecular complexity index is 871. The molecular weight excluding hydrogens is 334 g/mol. The van der Waals surface area contributed by atoms with Crippen LogP contribution in [0, 0.1) is 0 Å². The van der Waals surface area contributed by atoms with Crippen LogP contribution >= 0.6 is 0 Å². The molecule has 2 aromatic carbocycles. The maximum absolute atomic E-state index is 13.1. The highest BCUT2D eigenvalue weighted by Crippen LogP contribution is 2.40. The summed E-state index contributed by atoms with van der Waals surface area (Å²) >= 11 is 0. The summed E-state index contributed by atoms with van der Waals surface area (Å²) in [7, 11) is 1.89. The lowest BCUT2D eigenvalue weighted by Gasteiger charge is -2.31. The van der Waals surface area contributed by atoms with Crippen LogP contribution in [0.2, 0.25) is 0 Å². The third-order valence-electron chi connectivity index (χ3n) is 5.48. The Balaban J connectivity index is 1.91. The zero-order valence-electron chi connectivity index (χ0n) is 15.9. The van der Waals surface area contributed by atoms with Gasteiger partial charge in [-0.3, -0.25) is 4.79 Å². The van der Waals surface area contributed by atoms with Crippen LogP contribution in [0.25, 0.3) is 11.3 Å². The summed E-state index contributed by atoms with van der Waals surface area (Å²) in [5, 5.41) is 6.79. The van der Waals surface area contributed by atoms with Gasteiger partial charge in [-0.05, 0) is 43.5 Å². The van der Waals surface area contributed by atoms with Crippen molar-refractivity contribution in [1.29, 1.82) is 0 Å². The molecule has 0 unspecified atom stereocenters. The van der Waals surface area contributed by atoms with Crippen molar-refractivity contribution in [3.63, 3.8) is 0 Å². The second-order valence-electron chi connectivity index (χ2n) is 7.25. The Morgan fingerprint density at radius 3 is 2.70 bits per heavy atom. The number of nitrogens with zero attached hydrogens (tertiary/aromatic N) is 1. The lowest BCUT2D eigenvalue weighted by molar-refractivity contribution is -0.118. The highest BCUT2D eigenvalue weighted by molar-refractivity contribution is 6.01. The maximum Gasteiger partial charge on any atom is 0.228 e. The van der Waals surface area contributed by atoms with Gasteiger partial charge in [0.05, 0.1) is 12.2 Å². The summed E-state index contributed by atoms with van der Waals surface area (Å²) in [6.07, 6.45) is 3.86. The molecule has 2 aromatic rings. The summed E-state index contributed by atoms with van der Waals surface area (Å²) in [4.78, 5) is 15.0. The number of fused-ring (bicyclic) bond motifs is 4. The third-order valence-corrected chi connectivity index (χ3v) is 5.48. The van der Waals surface area contributed by atoms with Crippen LogP contribution in [-0.2, 0) is 11.3 Å². The predicted molar refractivity (Wildman–Crippen MR) is 111 cm³/mol. The summed E-state index contributed by atoms with van der Waals surface area (Å²) in [6, 6.07) is 16.9. The first-order chi connectivity index (χ1) is 13.3. The smallest absolute Gasteiger partial charge is 0.228 e. The normalized spacial score (nSPS) is 16.3. The van der Waals surface area contributed by atoms with Gasteiger partial charge in [-0.1, -0.05) is 42.5 Å². The molecule has 4 rings (SSSR count). The van der Waals surface area contributed by atoms with Crippen LogP contribution in [0.15, 0.2) is 48.5 Å². The second-order valence-corrected chi connectivity index (χ2v) is 7.25. The molecular formula is C23H27N3O. The molecule has 0 aliphatic carbocycles. The number of nitrogens with one attached hydrogen (secondary N) is 2. The average Bonchev–Trinajstić information content (AvgIpc) is 2.95. The molecule has 27 heavy (non-hydrogen) atoms.